The quantitative estimate of drug-likeness (QED) is 0.840. The van der Waals surface area contributed by atoms with Gasteiger partial charge < -0.3 is 10.2 Å². The fraction of sp³-hybridized carbons (Fsp3) is 0.214. The van der Waals surface area contributed by atoms with Crippen molar-refractivity contribution in [1.29, 1.82) is 0 Å². The molecule has 0 radical (unpaired) electrons. The fourth-order valence-electron chi connectivity index (χ4n) is 1.73. The van der Waals surface area contributed by atoms with Gasteiger partial charge in [0, 0.05) is 17.7 Å². The number of rotatable bonds is 4. The van der Waals surface area contributed by atoms with Gasteiger partial charge in [-0.2, -0.15) is 0 Å². The first-order valence-electron chi connectivity index (χ1n) is 5.58. The smallest absolute Gasteiger partial charge is 0.0701 e. The number of aromatic nitrogens is 1. The molecule has 0 amide bonds. The Hall–Kier alpha value is -1.71. The number of hydrogen-bond acceptors (Lipinski definition) is 3. The zero-order chi connectivity index (χ0) is 12.1. The van der Waals surface area contributed by atoms with Gasteiger partial charge in [-0.05, 0) is 17.7 Å². The highest BCUT2D eigenvalue weighted by molar-refractivity contribution is 5.59. The molecule has 3 nitrogen and oxygen atoms in total. The molecule has 1 aromatic heterocycles. The SMILES string of the molecule is OCC(CO)c1ccc(-c2ccccn2)cc1. The van der Waals surface area contributed by atoms with Crippen molar-refractivity contribution in [2.75, 3.05) is 13.2 Å². The van der Waals surface area contributed by atoms with E-state index in [-0.39, 0.29) is 19.1 Å². The lowest BCUT2D eigenvalue weighted by Crippen LogP contribution is -2.08. The molecule has 1 aromatic carbocycles. The molecule has 0 saturated carbocycles. The molecule has 2 rings (SSSR count). The van der Waals surface area contributed by atoms with Crippen LogP contribution in [0.25, 0.3) is 11.3 Å². The molecule has 0 fully saturated rings. The monoisotopic (exact) mass is 229 g/mol. The highest BCUT2D eigenvalue weighted by Gasteiger charge is 2.08. The average Bonchev–Trinajstić information content (AvgIpc) is 2.42. The zero-order valence-electron chi connectivity index (χ0n) is 9.45. The molecule has 0 bridgehead atoms. The Morgan fingerprint density at radius 2 is 1.65 bits per heavy atom. The van der Waals surface area contributed by atoms with E-state index in [9.17, 15) is 0 Å². The summed E-state index contributed by atoms with van der Waals surface area (Å²) in [6.45, 7) is -0.0845. The molecule has 88 valence electrons. The highest BCUT2D eigenvalue weighted by atomic mass is 16.3. The summed E-state index contributed by atoms with van der Waals surface area (Å²) in [5.74, 6) is -0.201. The number of aliphatic hydroxyl groups excluding tert-OH is 2. The normalized spacial score (nSPS) is 10.8. The first-order valence-corrected chi connectivity index (χ1v) is 5.58. The average molecular weight is 229 g/mol. The van der Waals surface area contributed by atoms with Crippen LogP contribution in [0.15, 0.2) is 48.7 Å². The van der Waals surface area contributed by atoms with Crippen LogP contribution in [-0.4, -0.2) is 28.4 Å². The van der Waals surface area contributed by atoms with Crippen LogP contribution < -0.4 is 0 Å². The van der Waals surface area contributed by atoms with Crippen molar-refractivity contribution in [1.82, 2.24) is 4.98 Å². The molecule has 0 unspecified atom stereocenters. The van der Waals surface area contributed by atoms with E-state index in [1.54, 1.807) is 6.20 Å². The van der Waals surface area contributed by atoms with Gasteiger partial charge in [0.15, 0.2) is 0 Å². The van der Waals surface area contributed by atoms with Crippen molar-refractivity contribution >= 4 is 0 Å². The molecule has 0 spiro atoms. The third-order valence-electron chi connectivity index (χ3n) is 2.78. The summed E-state index contributed by atoms with van der Waals surface area (Å²) in [6.07, 6.45) is 1.76. The number of aliphatic hydroxyl groups is 2. The minimum Gasteiger partial charge on any atom is -0.396 e. The third kappa shape index (κ3) is 2.70. The Kier molecular flexibility index (Phi) is 3.85. The van der Waals surface area contributed by atoms with Gasteiger partial charge >= 0.3 is 0 Å². The maximum atomic E-state index is 9.09. The van der Waals surface area contributed by atoms with Crippen LogP contribution in [0.3, 0.4) is 0 Å². The van der Waals surface area contributed by atoms with Crippen LogP contribution in [0, 0.1) is 0 Å². The lowest BCUT2D eigenvalue weighted by molar-refractivity contribution is 0.192. The molecule has 0 saturated heterocycles. The van der Waals surface area contributed by atoms with E-state index < -0.39 is 0 Å². The summed E-state index contributed by atoms with van der Waals surface area (Å²) < 4.78 is 0. The molecule has 2 aromatic rings. The van der Waals surface area contributed by atoms with Crippen molar-refractivity contribution in [3.63, 3.8) is 0 Å². The van der Waals surface area contributed by atoms with Crippen LogP contribution in [0.2, 0.25) is 0 Å². The predicted molar refractivity (Wildman–Crippen MR) is 66.6 cm³/mol. The number of benzene rings is 1. The maximum absolute atomic E-state index is 9.09. The molecule has 2 N–H and O–H groups in total. The molecule has 0 aliphatic heterocycles. The van der Waals surface area contributed by atoms with Gasteiger partial charge in [-0.25, -0.2) is 0 Å². The zero-order valence-corrected chi connectivity index (χ0v) is 9.45. The van der Waals surface area contributed by atoms with Gasteiger partial charge in [-0.3, -0.25) is 4.98 Å². The lowest BCUT2D eigenvalue weighted by atomic mass is 9.99. The van der Waals surface area contributed by atoms with Gasteiger partial charge in [0.25, 0.3) is 0 Å². The van der Waals surface area contributed by atoms with Gasteiger partial charge in [0.05, 0.1) is 18.9 Å². The Morgan fingerprint density at radius 3 is 2.18 bits per heavy atom. The van der Waals surface area contributed by atoms with Crippen LogP contribution >= 0.6 is 0 Å². The van der Waals surface area contributed by atoms with E-state index >= 15 is 0 Å². The van der Waals surface area contributed by atoms with Crippen LogP contribution in [0.4, 0.5) is 0 Å². The molecular weight excluding hydrogens is 214 g/mol. The Balaban J connectivity index is 2.24. The molecule has 0 aliphatic rings. The minimum absolute atomic E-state index is 0.0422. The van der Waals surface area contributed by atoms with Gasteiger partial charge in [-0.1, -0.05) is 30.3 Å². The standard InChI is InChI=1S/C14H15NO2/c16-9-13(10-17)11-4-6-12(7-5-11)14-3-1-2-8-15-14/h1-8,13,16-17H,9-10H2. The first kappa shape index (κ1) is 11.8. The second-order valence-electron chi connectivity index (χ2n) is 3.90. The van der Waals surface area contributed by atoms with E-state index in [0.29, 0.717) is 0 Å². The van der Waals surface area contributed by atoms with E-state index in [1.165, 1.54) is 0 Å². The van der Waals surface area contributed by atoms with Gasteiger partial charge in [-0.15, -0.1) is 0 Å². The maximum Gasteiger partial charge on any atom is 0.0701 e. The van der Waals surface area contributed by atoms with Gasteiger partial charge in [0.2, 0.25) is 0 Å². The molecule has 1 heterocycles. The summed E-state index contributed by atoms with van der Waals surface area (Å²) in [6, 6.07) is 13.5. The van der Waals surface area contributed by atoms with Gasteiger partial charge in [0.1, 0.15) is 0 Å². The molecule has 17 heavy (non-hydrogen) atoms. The number of hydrogen-bond donors (Lipinski definition) is 2. The van der Waals surface area contributed by atoms with Crippen LogP contribution in [0.1, 0.15) is 11.5 Å². The second-order valence-corrected chi connectivity index (χ2v) is 3.90. The second kappa shape index (κ2) is 5.57. The van der Waals surface area contributed by atoms with Crippen molar-refractivity contribution in [2.45, 2.75) is 5.92 Å². The van der Waals surface area contributed by atoms with E-state index in [0.717, 1.165) is 16.8 Å². The number of nitrogens with zero attached hydrogens (tertiary/aromatic N) is 1. The third-order valence-corrected chi connectivity index (χ3v) is 2.78. The molecule has 0 aliphatic carbocycles. The Bertz CT molecular complexity index is 449. The Morgan fingerprint density at radius 1 is 0.941 bits per heavy atom. The summed E-state index contributed by atoms with van der Waals surface area (Å²) >= 11 is 0. The molecule has 3 heteroatoms. The van der Waals surface area contributed by atoms with Crippen LogP contribution in [-0.2, 0) is 0 Å². The van der Waals surface area contributed by atoms with E-state index in [4.69, 9.17) is 10.2 Å². The largest absolute Gasteiger partial charge is 0.396 e. The van der Waals surface area contributed by atoms with Crippen molar-refractivity contribution in [2.24, 2.45) is 0 Å². The molecular formula is C14H15NO2. The topological polar surface area (TPSA) is 53.4 Å². The first-order chi connectivity index (χ1) is 8.35. The summed E-state index contributed by atoms with van der Waals surface area (Å²) in [4.78, 5) is 4.27. The highest BCUT2D eigenvalue weighted by Crippen LogP contribution is 2.20. The minimum atomic E-state index is -0.201. The summed E-state index contributed by atoms with van der Waals surface area (Å²) in [5, 5.41) is 18.2. The predicted octanol–water partition coefficient (Wildman–Crippen LogP) is 1.82. The number of pyridine rings is 1. The van der Waals surface area contributed by atoms with E-state index in [1.807, 2.05) is 42.5 Å². The van der Waals surface area contributed by atoms with Crippen molar-refractivity contribution in [3.05, 3.63) is 54.2 Å². The van der Waals surface area contributed by atoms with Crippen molar-refractivity contribution in [3.8, 4) is 11.3 Å². The van der Waals surface area contributed by atoms with E-state index in [2.05, 4.69) is 4.98 Å². The van der Waals surface area contributed by atoms with Crippen LogP contribution in [0.5, 0.6) is 0 Å². The van der Waals surface area contributed by atoms with Crippen molar-refractivity contribution < 1.29 is 10.2 Å². The lowest BCUT2D eigenvalue weighted by Gasteiger charge is -2.11. The fourth-order valence-corrected chi connectivity index (χ4v) is 1.73. The summed E-state index contributed by atoms with van der Waals surface area (Å²) in [5.41, 5.74) is 2.89. The summed E-state index contributed by atoms with van der Waals surface area (Å²) in [7, 11) is 0. The Labute approximate surface area is 100 Å². The molecule has 0 atom stereocenters.